The van der Waals surface area contributed by atoms with Gasteiger partial charge in [-0.2, -0.15) is 0 Å². The highest BCUT2D eigenvalue weighted by Crippen LogP contribution is 2.46. The second kappa shape index (κ2) is 9.04. The molecule has 2 heterocycles. The van der Waals surface area contributed by atoms with Gasteiger partial charge in [0, 0.05) is 40.6 Å². The smallest absolute Gasteiger partial charge is 0.338 e. The number of phenols is 1. The number of sulfone groups is 1. The molecule has 0 saturated heterocycles. The lowest BCUT2D eigenvalue weighted by Crippen LogP contribution is -2.15. The summed E-state index contributed by atoms with van der Waals surface area (Å²) in [6.07, 6.45) is 4.88. The number of benzene rings is 2. The van der Waals surface area contributed by atoms with E-state index < -0.39 is 33.1 Å². The van der Waals surface area contributed by atoms with Crippen LogP contribution in [0.15, 0.2) is 47.2 Å². The summed E-state index contributed by atoms with van der Waals surface area (Å²) in [4.78, 5) is 16.8. The van der Waals surface area contributed by atoms with Crippen LogP contribution in [0, 0.1) is 12.7 Å². The number of hydrogen-bond acceptors (Lipinski definition) is 5. The van der Waals surface area contributed by atoms with Crippen LogP contribution >= 0.6 is 15.9 Å². The van der Waals surface area contributed by atoms with Crippen molar-refractivity contribution in [2.24, 2.45) is 0 Å². The third-order valence-electron chi connectivity index (χ3n) is 6.49. The lowest BCUT2D eigenvalue weighted by atomic mass is 10.0. The number of aryl methyl sites for hydroxylation is 1. The van der Waals surface area contributed by atoms with Gasteiger partial charge < -0.3 is 19.3 Å². The molecule has 0 spiro atoms. The summed E-state index contributed by atoms with van der Waals surface area (Å²) in [6.45, 7) is 1.93. The molecule has 8 nitrogen and oxygen atoms in total. The number of imidazole rings is 1. The highest BCUT2D eigenvalue weighted by Gasteiger charge is 2.36. The minimum atomic E-state index is -3.95. The maximum atomic E-state index is 14.2. The molecule has 0 amide bonds. The van der Waals surface area contributed by atoms with Crippen LogP contribution in [0.25, 0.3) is 10.9 Å². The second-order valence-corrected chi connectivity index (χ2v) is 12.0. The molecule has 0 aliphatic heterocycles. The molecule has 0 radical (unpaired) electrons. The number of carboxylic acids is 1. The molecule has 2 N–H and O–H groups in total. The SMILES string of the molecule is Cc1nccn1Cc1c(O)c(Br)cc2c1c(C(=O)O)c(CS(=O)(=O)Cc1ccccc1F)n2C1CC1. The number of aromatic hydroxyl groups is 1. The molecule has 36 heavy (non-hydrogen) atoms. The Labute approximate surface area is 215 Å². The first-order chi connectivity index (χ1) is 17.1. The zero-order chi connectivity index (χ0) is 25.8. The molecule has 188 valence electrons. The number of hydrogen-bond donors (Lipinski definition) is 2. The standard InChI is InChI=1S/C25H23BrFN3O5S/c1-14-28-8-9-29(14)11-17-22-20(10-18(26)24(17)31)30(16-6-7-16)21(23(22)25(32)33)13-36(34,35)12-15-4-2-3-5-19(15)27/h2-5,8-10,16,31H,6-7,11-13H2,1H3,(H,32,33). The molecule has 11 heteroatoms. The van der Waals surface area contributed by atoms with Crippen LogP contribution in [0.5, 0.6) is 5.75 Å². The number of fused-ring (bicyclic) bond motifs is 1. The Morgan fingerprint density at radius 1 is 1.25 bits per heavy atom. The average Bonchev–Trinajstić information content (AvgIpc) is 3.48. The molecule has 1 saturated carbocycles. The molecule has 2 aromatic heterocycles. The monoisotopic (exact) mass is 575 g/mol. The zero-order valence-electron chi connectivity index (χ0n) is 19.3. The number of carbonyl (C=O) groups is 1. The van der Waals surface area contributed by atoms with Crippen LogP contribution in [-0.2, 0) is 27.9 Å². The van der Waals surface area contributed by atoms with E-state index in [4.69, 9.17) is 0 Å². The quantitative estimate of drug-likeness (QED) is 0.307. The van der Waals surface area contributed by atoms with Gasteiger partial charge in [0.2, 0.25) is 0 Å². The van der Waals surface area contributed by atoms with Crippen molar-refractivity contribution < 1.29 is 27.8 Å². The molecule has 1 fully saturated rings. The summed E-state index contributed by atoms with van der Waals surface area (Å²) < 4.78 is 44.6. The van der Waals surface area contributed by atoms with E-state index in [2.05, 4.69) is 20.9 Å². The molecule has 5 rings (SSSR count). The second-order valence-electron chi connectivity index (χ2n) is 9.03. The summed E-state index contributed by atoms with van der Waals surface area (Å²) in [7, 11) is -3.95. The molecule has 2 aromatic carbocycles. The van der Waals surface area contributed by atoms with Gasteiger partial charge in [0.25, 0.3) is 0 Å². The third kappa shape index (κ3) is 4.41. The first-order valence-electron chi connectivity index (χ1n) is 11.3. The topological polar surface area (TPSA) is 114 Å². The predicted octanol–water partition coefficient (Wildman–Crippen LogP) is 4.95. The molecule has 1 aliphatic rings. The first kappa shape index (κ1) is 24.5. The minimum Gasteiger partial charge on any atom is -0.506 e. The van der Waals surface area contributed by atoms with Gasteiger partial charge in [-0.25, -0.2) is 22.6 Å². The Bertz CT molecular complexity index is 1620. The fourth-order valence-electron chi connectivity index (χ4n) is 4.69. The fraction of sp³-hybridized carbons (Fsp3) is 0.280. The summed E-state index contributed by atoms with van der Waals surface area (Å²) in [5.74, 6) is -2.49. The van der Waals surface area contributed by atoms with E-state index in [1.54, 1.807) is 40.6 Å². The van der Waals surface area contributed by atoms with Gasteiger partial charge in [0.1, 0.15) is 17.4 Å². The fourth-order valence-corrected chi connectivity index (χ4v) is 6.65. The van der Waals surface area contributed by atoms with Gasteiger partial charge in [-0.1, -0.05) is 18.2 Å². The van der Waals surface area contributed by atoms with Gasteiger partial charge in [0.05, 0.1) is 33.6 Å². The highest BCUT2D eigenvalue weighted by atomic mass is 79.9. The highest BCUT2D eigenvalue weighted by molar-refractivity contribution is 9.10. The van der Waals surface area contributed by atoms with Gasteiger partial charge >= 0.3 is 5.97 Å². The number of halogens is 2. The Morgan fingerprint density at radius 2 is 1.97 bits per heavy atom. The third-order valence-corrected chi connectivity index (χ3v) is 8.56. The number of aromatic nitrogens is 3. The molecule has 4 aromatic rings. The van der Waals surface area contributed by atoms with Crippen molar-refractivity contribution >= 4 is 42.6 Å². The maximum absolute atomic E-state index is 14.2. The van der Waals surface area contributed by atoms with Gasteiger partial charge in [-0.15, -0.1) is 0 Å². The zero-order valence-corrected chi connectivity index (χ0v) is 21.7. The maximum Gasteiger partial charge on any atom is 0.338 e. The lowest BCUT2D eigenvalue weighted by molar-refractivity contribution is 0.0697. The summed E-state index contributed by atoms with van der Waals surface area (Å²) in [6, 6.07) is 7.21. The summed E-state index contributed by atoms with van der Waals surface area (Å²) in [5.41, 5.74) is 0.885. The van der Waals surface area contributed by atoms with Crippen molar-refractivity contribution in [2.75, 3.05) is 0 Å². The van der Waals surface area contributed by atoms with Gasteiger partial charge in [-0.3, -0.25) is 0 Å². The van der Waals surface area contributed by atoms with Crippen LogP contribution in [0.1, 0.15) is 51.9 Å². The first-order valence-corrected chi connectivity index (χ1v) is 13.9. The molecular formula is C25H23BrFN3O5S. The van der Waals surface area contributed by atoms with Gasteiger partial charge in [0.15, 0.2) is 9.84 Å². The van der Waals surface area contributed by atoms with E-state index in [1.165, 1.54) is 18.2 Å². The van der Waals surface area contributed by atoms with Crippen molar-refractivity contribution in [2.45, 2.75) is 43.9 Å². The van der Waals surface area contributed by atoms with Crippen molar-refractivity contribution in [1.82, 2.24) is 14.1 Å². The molecule has 0 bridgehead atoms. The Morgan fingerprint density at radius 3 is 2.58 bits per heavy atom. The number of aromatic carboxylic acids is 1. The van der Waals surface area contributed by atoms with Crippen molar-refractivity contribution in [3.8, 4) is 5.75 Å². The van der Waals surface area contributed by atoms with Crippen LogP contribution in [0.3, 0.4) is 0 Å². The summed E-state index contributed by atoms with van der Waals surface area (Å²) in [5, 5.41) is 21.5. The minimum absolute atomic E-state index is 0.0279. The summed E-state index contributed by atoms with van der Waals surface area (Å²) >= 11 is 3.38. The molecule has 0 atom stereocenters. The van der Waals surface area contributed by atoms with E-state index in [1.807, 2.05) is 0 Å². The van der Waals surface area contributed by atoms with Crippen LogP contribution in [0.4, 0.5) is 4.39 Å². The van der Waals surface area contributed by atoms with Crippen molar-refractivity contribution in [3.05, 3.63) is 81.2 Å². The lowest BCUT2D eigenvalue weighted by Gasteiger charge is -2.13. The van der Waals surface area contributed by atoms with E-state index in [9.17, 15) is 27.8 Å². The van der Waals surface area contributed by atoms with E-state index in [0.29, 0.717) is 26.8 Å². The van der Waals surface area contributed by atoms with Crippen molar-refractivity contribution in [1.29, 1.82) is 0 Å². The number of carboxylic acid groups (broad SMARTS) is 1. The van der Waals surface area contributed by atoms with E-state index >= 15 is 0 Å². The van der Waals surface area contributed by atoms with Crippen LogP contribution < -0.4 is 0 Å². The van der Waals surface area contributed by atoms with E-state index in [-0.39, 0.29) is 35.2 Å². The van der Waals surface area contributed by atoms with Gasteiger partial charge in [-0.05, 0) is 47.8 Å². The molecule has 0 unspecified atom stereocenters. The van der Waals surface area contributed by atoms with Crippen LogP contribution in [0.2, 0.25) is 0 Å². The molecular weight excluding hydrogens is 553 g/mol. The average molecular weight is 576 g/mol. The number of nitrogens with zero attached hydrogens (tertiary/aromatic N) is 3. The Hall–Kier alpha value is -3.18. The largest absolute Gasteiger partial charge is 0.506 e. The van der Waals surface area contributed by atoms with Crippen LogP contribution in [-0.4, -0.2) is 38.7 Å². The van der Waals surface area contributed by atoms with E-state index in [0.717, 1.165) is 12.8 Å². The van der Waals surface area contributed by atoms with Crippen molar-refractivity contribution in [3.63, 3.8) is 0 Å². The predicted molar refractivity (Wildman–Crippen MR) is 135 cm³/mol. The number of rotatable bonds is 8. The Kier molecular flexibility index (Phi) is 6.16. The normalized spacial score (nSPS) is 14.0. The number of phenolic OH excluding ortho intramolecular Hbond substituents is 1. The molecule has 1 aliphatic carbocycles. The Balaban J connectivity index is 1.72.